The molecule has 0 aliphatic heterocycles. The average molecular weight is 214 g/mol. The molecular formula is C11H11ClFO. The first kappa shape index (κ1) is 9.78. The smallest absolute Gasteiger partial charge is 0.131 e. The van der Waals surface area contributed by atoms with Crippen molar-refractivity contribution in [3.8, 4) is 5.75 Å². The third-order valence-electron chi connectivity index (χ3n) is 2.30. The minimum atomic E-state index is -0.414. The summed E-state index contributed by atoms with van der Waals surface area (Å²) in [4.78, 5) is 0. The SMILES string of the molecule is [CH2]c1c(F)cc(OCC2CC2)cc1Cl. The molecule has 0 amide bonds. The van der Waals surface area contributed by atoms with Gasteiger partial charge in [0.25, 0.3) is 0 Å². The molecule has 1 radical (unpaired) electrons. The van der Waals surface area contributed by atoms with Crippen LogP contribution in [0, 0.1) is 18.7 Å². The van der Waals surface area contributed by atoms with Gasteiger partial charge in [-0.05, 0) is 31.7 Å². The van der Waals surface area contributed by atoms with Gasteiger partial charge in [0.1, 0.15) is 11.6 Å². The van der Waals surface area contributed by atoms with Crippen molar-refractivity contribution in [1.82, 2.24) is 0 Å². The summed E-state index contributed by atoms with van der Waals surface area (Å²) in [5.41, 5.74) is 0.227. The summed E-state index contributed by atoms with van der Waals surface area (Å²) in [6, 6.07) is 2.94. The van der Waals surface area contributed by atoms with Crippen LogP contribution in [-0.2, 0) is 0 Å². The summed E-state index contributed by atoms with van der Waals surface area (Å²) in [7, 11) is 0. The lowest BCUT2D eigenvalue weighted by Crippen LogP contribution is -1.99. The predicted molar refractivity (Wildman–Crippen MR) is 54.1 cm³/mol. The van der Waals surface area contributed by atoms with Gasteiger partial charge in [0.2, 0.25) is 0 Å². The monoisotopic (exact) mass is 213 g/mol. The maximum absolute atomic E-state index is 13.2. The third kappa shape index (κ3) is 2.18. The molecule has 1 aliphatic rings. The number of hydrogen-bond donors (Lipinski definition) is 0. The highest BCUT2D eigenvalue weighted by Crippen LogP contribution is 2.31. The Morgan fingerprint density at radius 3 is 2.79 bits per heavy atom. The Bertz CT molecular complexity index is 324. The molecule has 0 unspecified atom stereocenters. The lowest BCUT2D eigenvalue weighted by Gasteiger charge is -2.07. The molecule has 1 fully saturated rings. The first-order chi connectivity index (χ1) is 6.66. The second-order valence-corrected chi connectivity index (χ2v) is 4.03. The number of benzene rings is 1. The quantitative estimate of drug-likeness (QED) is 0.747. The second kappa shape index (κ2) is 3.77. The zero-order valence-corrected chi connectivity index (χ0v) is 8.48. The molecule has 0 saturated heterocycles. The Labute approximate surface area is 87.8 Å². The highest BCUT2D eigenvalue weighted by molar-refractivity contribution is 6.31. The van der Waals surface area contributed by atoms with Gasteiger partial charge in [0.15, 0.2) is 0 Å². The average Bonchev–Trinajstić information content (AvgIpc) is 2.94. The van der Waals surface area contributed by atoms with Gasteiger partial charge in [-0.15, -0.1) is 0 Å². The molecule has 3 heteroatoms. The summed E-state index contributed by atoms with van der Waals surface area (Å²) in [5, 5.41) is 0.316. The molecule has 0 heterocycles. The van der Waals surface area contributed by atoms with E-state index in [2.05, 4.69) is 6.92 Å². The minimum Gasteiger partial charge on any atom is -0.493 e. The maximum atomic E-state index is 13.2. The topological polar surface area (TPSA) is 9.23 Å². The van der Waals surface area contributed by atoms with E-state index in [-0.39, 0.29) is 5.56 Å². The standard InChI is InChI=1S/C11H11ClFO/c1-7-10(12)4-9(5-11(7)13)14-6-8-2-3-8/h4-5,8H,1-3,6H2. The normalized spacial score (nSPS) is 15.6. The van der Waals surface area contributed by atoms with Crippen molar-refractivity contribution < 1.29 is 9.13 Å². The molecular weight excluding hydrogens is 203 g/mol. The van der Waals surface area contributed by atoms with E-state index in [1.54, 1.807) is 6.07 Å². The Balaban J connectivity index is 2.08. The molecule has 0 bridgehead atoms. The summed E-state index contributed by atoms with van der Waals surface area (Å²) in [6.07, 6.45) is 2.42. The molecule has 1 saturated carbocycles. The van der Waals surface area contributed by atoms with Gasteiger partial charge < -0.3 is 4.74 Å². The molecule has 14 heavy (non-hydrogen) atoms. The van der Waals surface area contributed by atoms with Crippen molar-refractivity contribution >= 4 is 11.6 Å². The van der Waals surface area contributed by atoms with Crippen LogP contribution in [0.3, 0.4) is 0 Å². The van der Waals surface area contributed by atoms with E-state index in [9.17, 15) is 4.39 Å². The van der Waals surface area contributed by atoms with Crippen molar-refractivity contribution in [3.05, 3.63) is 35.5 Å². The van der Waals surface area contributed by atoms with Crippen LogP contribution in [-0.4, -0.2) is 6.61 Å². The van der Waals surface area contributed by atoms with E-state index < -0.39 is 5.82 Å². The van der Waals surface area contributed by atoms with Crippen molar-refractivity contribution in [1.29, 1.82) is 0 Å². The van der Waals surface area contributed by atoms with Crippen LogP contribution in [0.2, 0.25) is 5.02 Å². The van der Waals surface area contributed by atoms with Crippen LogP contribution in [0.5, 0.6) is 5.75 Å². The summed E-state index contributed by atoms with van der Waals surface area (Å²) in [6.45, 7) is 4.16. The number of hydrogen-bond acceptors (Lipinski definition) is 1. The fraction of sp³-hybridized carbons (Fsp3) is 0.364. The number of rotatable bonds is 3. The number of halogens is 2. The van der Waals surface area contributed by atoms with Crippen molar-refractivity contribution in [2.75, 3.05) is 6.61 Å². The van der Waals surface area contributed by atoms with Gasteiger partial charge in [-0.25, -0.2) is 4.39 Å². The van der Waals surface area contributed by atoms with E-state index in [1.807, 2.05) is 0 Å². The van der Waals surface area contributed by atoms with E-state index in [0.29, 0.717) is 23.3 Å². The highest BCUT2D eigenvalue weighted by atomic mass is 35.5. The van der Waals surface area contributed by atoms with Crippen molar-refractivity contribution in [2.45, 2.75) is 12.8 Å². The van der Waals surface area contributed by atoms with Crippen LogP contribution >= 0.6 is 11.6 Å². The van der Waals surface area contributed by atoms with Gasteiger partial charge in [0, 0.05) is 11.6 Å². The van der Waals surface area contributed by atoms with Crippen molar-refractivity contribution in [3.63, 3.8) is 0 Å². The van der Waals surface area contributed by atoms with Crippen LogP contribution in [0.1, 0.15) is 18.4 Å². The summed E-state index contributed by atoms with van der Waals surface area (Å²) < 4.78 is 18.5. The van der Waals surface area contributed by atoms with E-state index in [0.717, 1.165) is 0 Å². The molecule has 2 rings (SSSR count). The first-order valence-electron chi connectivity index (χ1n) is 4.60. The van der Waals surface area contributed by atoms with E-state index in [4.69, 9.17) is 16.3 Å². The maximum Gasteiger partial charge on any atom is 0.131 e. The largest absolute Gasteiger partial charge is 0.493 e. The van der Waals surface area contributed by atoms with E-state index >= 15 is 0 Å². The zero-order valence-electron chi connectivity index (χ0n) is 7.72. The molecule has 1 aliphatic carbocycles. The van der Waals surface area contributed by atoms with Crippen LogP contribution in [0.15, 0.2) is 12.1 Å². The van der Waals surface area contributed by atoms with Crippen molar-refractivity contribution in [2.24, 2.45) is 5.92 Å². The van der Waals surface area contributed by atoms with Gasteiger partial charge >= 0.3 is 0 Å². The molecule has 1 nitrogen and oxygen atoms in total. The predicted octanol–water partition coefficient (Wildman–Crippen LogP) is 3.45. The molecule has 0 aromatic heterocycles. The summed E-state index contributed by atoms with van der Waals surface area (Å²) in [5.74, 6) is 0.728. The summed E-state index contributed by atoms with van der Waals surface area (Å²) >= 11 is 5.77. The van der Waals surface area contributed by atoms with Gasteiger partial charge in [-0.2, -0.15) is 0 Å². The van der Waals surface area contributed by atoms with Gasteiger partial charge in [0.05, 0.1) is 11.6 Å². The minimum absolute atomic E-state index is 0.227. The Hall–Kier alpha value is -0.760. The molecule has 0 N–H and O–H groups in total. The van der Waals surface area contributed by atoms with Gasteiger partial charge in [-0.3, -0.25) is 0 Å². The Morgan fingerprint density at radius 1 is 1.50 bits per heavy atom. The molecule has 1 aromatic carbocycles. The van der Waals surface area contributed by atoms with Crippen LogP contribution in [0.25, 0.3) is 0 Å². The Kier molecular flexibility index (Phi) is 2.64. The third-order valence-corrected chi connectivity index (χ3v) is 2.63. The van der Waals surface area contributed by atoms with E-state index in [1.165, 1.54) is 18.9 Å². The molecule has 1 aromatic rings. The zero-order chi connectivity index (χ0) is 10.1. The molecule has 75 valence electrons. The lowest BCUT2D eigenvalue weighted by atomic mass is 10.2. The first-order valence-corrected chi connectivity index (χ1v) is 4.98. The van der Waals surface area contributed by atoms with Crippen LogP contribution in [0.4, 0.5) is 4.39 Å². The molecule has 0 spiro atoms. The number of ether oxygens (including phenoxy) is 1. The second-order valence-electron chi connectivity index (χ2n) is 3.62. The highest BCUT2D eigenvalue weighted by Gasteiger charge is 2.22. The van der Waals surface area contributed by atoms with Crippen LogP contribution < -0.4 is 4.74 Å². The Morgan fingerprint density at radius 2 is 2.21 bits per heavy atom. The molecule has 0 atom stereocenters. The fourth-order valence-electron chi connectivity index (χ4n) is 1.16. The van der Waals surface area contributed by atoms with Gasteiger partial charge in [-0.1, -0.05) is 11.6 Å². The fourth-order valence-corrected chi connectivity index (χ4v) is 1.36. The lowest BCUT2D eigenvalue weighted by molar-refractivity contribution is 0.298.